The second kappa shape index (κ2) is 9.55. The molecule has 1 amide bonds. The molecule has 2 aromatic carbocycles. The first-order valence-electron chi connectivity index (χ1n) is 10.4. The fourth-order valence-corrected chi connectivity index (χ4v) is 4.75. The lowest BCUT2D eigenvalue weighted by atomic mass is 9.91. The fourth-order valence-electron chi connectivity index (χ4n) is 4.25. The van der Waals surface area contributed by atoms with Crippen LogP contribution in [-0.4, -0.2) is 39.0 Å². The lowest BCUT2D eigenvalue weighted by Gasteiger charge is -2.30. The number of rotatable bonds is 6. The Kier molecular flexibility index (Phi) is 6.68. The largest absolute Gasteiger partial charge is 0.491 e. The van der Waals surface area contributed by atoms with E-state index in [0.717, 1.165) is 12.1 Å². The zero-order valence-electron chi connectivity index (χ0n) is 18.4. The van der Waals surface area contributed by atoms with Crippen molar-refractivity contribution in [3.63, 3.8) is 0 Å². The topological polar surface area (TPSA) is 115 Å². The zero-order valence-corrected chi connectivity index (χ0v) is 19.2. The van der Waals surface area contributed by atoms with Crippen molar-refractivity contribution in [1.82, 2.24) is 4.98 Å². The quantitative estimate of drug-likeness (QED) is 0.531. The van der Waals surface area contributed by atoms with E-state index >= 15 is 0 Å². The number of carbonyl (C=O) groups excluding carboxylic acids is 1. The van der Waals surface area contributed by atoms with Gasteiger partial charge < -0.3 is 15.0 Å². The highest BCUT2D eigenvalue weighted by molar-refractivity contribution is 7.89. The number of hydrogen-bond acceptors (Lipinski definition) is 6. The molecule has 35 heavy (non-hydrogen) atoms. The van der Waals surface area contributed by atoms with Gasteiger partial charge >= 0.3 is 0 Å². The number of primary sulfonamides is 1. The molecule has 8 nitrogen and oxygen atoms in total. The highest BCUT2D eigenvalue weighted by atomic mass is 32.2. The van der Waals surface area contributed by atoms with Gasteiger partial charge in [-0.1, -0.05) is 12.1 Å². The molecule has 1 aliphatic heterocycles. The van der Waals surface area contributed by atoms with Gasteiger partial charge in [0.15, 0.2) is 16.6 Å². The maximum absolute atomic E-state index is 14.5. The molecule has 4 rings (SSSR count). The smallest absolute Gasteiger partial charge is 0.255 e. The average Bonchev–Trinajstić information content (AvgIpc) is 3.26. The molecule has 1 fully saturated rings. The second-order valence-electron chi connectivity index (χ2n) is 7.92. The van der Waals surface area contributed by atoms with Crippen LogP contribution in [0.15, 0.2) is 59.8 Å². The SMILES string of the molecule is COc1c(N2CC[C@@H](c3ccc(F)cc3)[C@@H]2C(=O)Nc2ccnc(S(N)(=O)=O)c2)ccc(F)c1F. The number of halogens is 3. The first-order valence-corrected chi connectivity index (χ1v) is 12.0. The maximum Gasteiger partial charge on any atom is 0.255 e. The van der Waals surface area contributed by atoms with Crippen molar-refractivity contribution in [2.45, 2.75) is 23.4 Å². The number of nitrogens with one attached hydrogen (secondary N) is 1. The number of amides is 1. The number of nitrogens with two attached hydrogens (primary N) is 1. The van der Waals surface area contributed by atoms with Crippen LogP contribution in [0, 0.1) is 17.5 Å². The standard InChI is InChI=1S/C23H21F3N4O4S/c1-34-22-18(7-6-17(25)20(22)26)30-11-9-16(13-2-4-14(24)5-3-13)21(30)23(31)29-15-8-10-28-19(12-15)35(27,32)33/h2-8,10,12,16,21H,9,11H2,1H3,(H2,27,32,33)(H,28,29,31)/t16-,21+/m0/s1. The Balaban J connectivity index is 1.75. The molecule has 0 saturated carbocycles. The predicted octanol–water partition coefficient (Wildman–Crippen LogP) is 3.16. The van der Waals surface area contributed by atoms with Gasteiger partial charge in [-0.15, -0.1) is 0 Å². The number of aromatic nitrogens is 1. The minimum atomic E-state index is -4.11. The highest BCUT2D eigenvalue weighted by Crippen LogP contribution is 2.42. The van der Waals surface area contributed by atoms with Gasteiger partial charge in [-0.05, 0) is 42.3 Å². The second-order valence-corrected chi connectivity index (χ2v) is 9.42. The predicted molar refractivity (Wildman–Crippen MR) is 122 cm³/mol. The van der Waals surface area contributed by atoms with E-state index in [1.165, 1.54) is 37.6 Å². The van der Waals surface area contributed by atoms with Gasteiger partial charge in [0.1, 0.15) is 11.9 Å². The summed E-state index contributed by atoms with van der Waals surface area (Å²) in [6.07, 6.45) is 1.61. The molecule has 1 aliphatic rings. The van der Waals surface area contributed by atoms with Gasteiger partial charge in [0.05, 0.1) is 12.8 Å². The Morgan fingerprint density at radius 2 is 1.86 bits per heavy atom. The zero-order chi connectivity index (χ0) is 25.3. The molecule has 184 valence electrons. The van der Waals surface area contributed by atoms with E-state index in [2.05, 4.69) is 10.3 Å². The molecule has 3 aromatic rings. The van der Waals surface area contributed by atoms with E-state index in [9.17, 15) is 26.4 Å². The summed E-state index contributed by atoms with van der Waals surface area (Å²) in [6, 6.07) is 9.44. The third-order valence-corrected chi connectivity index (χ3v) is 6.61. The van der Waals surface area contributed by atoms with Gasteiger partial charge in [-0.25, -0.2) is 27.3 Å². The van der Waals surface area contributed by atoms with Gasteiger partial charge in [0, 0.05) is 30.4 Å². The normalized spacial score (nSPS) is 17.9. The monoisotopic (exact) mass is 506 g/mol. The first-order chi connectivity index (χ1) is 16.6. The highest BCUT2D eigenvalue weighted by Gasteiger charge is 2.42. The molecule has 0 bridgehead atoms. The summed E-state index contributed by atoms with van der Waals surface area (Å²) in [4.78, 5) is 18.8. The summed E-state index contributed by atoms with van der Waals surface area (Å²) in [5.41, 5.74) is 0.947. The van der Waals surface area contributed by atoms with Crippen molar-refractivity contribution in [1.29, 1.82) is 0 Å². The van der Waals surface area contributed by atoms with Crippen molar-refractivity contribution in [2.75, 3.05) is 23.9 Å². The maximum atomic E-state index is 14.5. The van der Waals surface area contributed by atoms with Gasteiger partial charge in [-0.2, -0.15) is 4.39 Å². The Labute approximate surface area is 199 Å². The Hall–Kier alpha value is -3.64. The molecular weight excluding hydrogens is 485 g/mol. The number of sulfonamides is 1. The Bertz CT molecular complexity index is 1370. The van der Waals surface area contributed by atoms with E-state index in [1.807, 2.05) is 0 Å². The minimum absolute atomic E-state index is 0.121. The van der Waals surface area contributed by atoms with E-state index in [4.69, 9.17) is 9.88 Å². The van der Waals surface area contributed by atoms with Crippen LogP contribution in [0.2, 0.25) is 0 Å². The molecule has 0 spiro atoms. The van der Waals surface area contributed by atoms with Crippen LogP contribution in [-0.2, 0) is 14.8 Å². The van der Waals surface area contributed by atoms with Gasteiger partial charge in [-0.3, -0.25) is 4.79 Å². The number of methoxy groups -OCH3 is 1. The number of anilines is 2. The first kappa shape index (κ1) is 24.5. The number of nitrogens with zero attached hydrogens (tertiary/aromatic N) is 2. The Morgan fingerprint density at radius 3 is 2.51 bits per heavy atom. The van der Waals surface area contributed by atoms with Crippen LogP contribution in [0.25, 0.3) is 0 Å². The van der Waals surface area contributed by atoms with E-state index < -0.39 is 50.4 Å². The number of pyridine rings is 1. The van der Waals surface area contributed by atoms with Crippen molar-refractivity contribution in [2.24, 2.45) is 5.14 Å². The van der Waals surface area contributed by atoms with Crippen LogP contribution in [0.1, 0.15) is 17.9 Å². The van der Waals surface area contributed by atoms with Crippen LogP contribution >= 0.6 is 0 Å². The molecule has 0 radical (unpaired) electrons. The van der Waals surface area contributed by atoms with E-state index in [1.54, 1.807) is 17.0 Å². The third-order valence-electron chi connectivity index (χ3n) is 5.80. The minimum Gasteiger partial charge on any atom is -0.491 e. The summed E-state index contributed by atoms with van der Waals surface area (Å²) < 4.78 is 70.2. The number of ether oxygens (including phenoxy) is 1. The summed E-state index contributed by atoms with van der Waals surface area (Å²) in [5.74, 6) is -4.11. The lowest BCUT2D eigenvalue weighted by molar-refractivity contribution is -0.117. The van der Waals surface area contributed by atoms with Crippen LogP contribution < -0.4 is 20.1 Å². The number of hydrogen-bond donors (Lipinski definition) is 2. The Morgan fingerprint density at radius 1 is 1.14 bits per heavy atom. The summed E-state index contributed by atoms with van der Waals surface area (Å²) in [5, 5.41) is 7.34. The van der Waals surface area contributed by atoms with Crippen molar-refractivity contribution in [3.05, 3.63) is 77.7 Å². The molecule has 12 heteroatoms. The number of carbonyl (C=O) groups is 1. The van der Waals surface area contributed by atoms with Crippen LogP contribution in [0.4, 0.5) is 24.5 Å². The summed E-state index contributed by atoms with van der Waals surface area (Å²) in [7, 11) is -2.92. The third kappa shape index (κ3) is 4.93. The fraction of sp³-hybridized carbons (Fsp3) is 0.217. The molecule has 0 unspecified atom stereocenters. The summed E-state index contributed by atoms with van der Waals surface area (Å²) >= 11 is 0. The number of benzene rings is 2. The molecule has 3 N–H and O–H groups in total. The average molecular weight is 507 g/mol. The van der Waals surface area contributed by atoms with E-state index in [-0.39, 0.29) is 23.7 Å². The van der Waals surface area contributed by atoms with Crippen LogP contribution in [0.5, 0.6) is 5.75 Å². The molecule has 2 heterocycles. The molecule has 1 saturated heterocycles. The van der Waals surface area contributed by atoms with Crippen molar-refractivity contribution < 1.29 is 31.1 Å². The lowest BCUT2D eigenvalue weighted by Crippen LogP contribution is -2.42. The molecule has 2 atom stereocenters. The van der Waals surface area contributed by atoms with Gasteiger partial charge in [0.2, 0.25) is 11.7 Å². The van der Waals surface area contributed by atoms with E-state index in [0.29, 0.717) is 12.0 Å². The van der Waals surface area contributed by atoms with Crippen molar-refractivity contribution in [3.8, 4) is 5.75 Å². The molecular formula is C23H21F3N4O4S. The molecule has 0 aliphatic carbocycles. The van der Waals surface area contributed by atoms with Crippen molar-refractivity contribution >= 4 is 27.3 Å². The van der Waals surface area contributed by atoms with Gasteiger partial charge in [0.25, 0.3) is 10.0 Å². The van der Waals surface area contributed by atoms with Crippen LogP contribution in [0.3, 0.4) is 0 Å². The summed E-state index contributed by atoms with van der Waals surface area (Å²) in [6.45, 7) is 0.278. The molecule has 1 aromatic heterocycles.